The van der Waals surface area contributed by atoms with Crippen LogP contribution in [0.1, 0.15) is 0 Å². The van der Waals surface area contributed by atoms with E-state index in [1.165, 1.54) is 11.8 Å². The van der Waals surface area contributed by atoms with Gasteiger partial charge in [0.2, 0.25) is 5.91 Å². The van der Waals surface area contributed by atoms with Gasteiger partial charge in [-0.05, 0) is 24.3 Å². The average Bonchev–Trinajstić information content (AvgIpc) is 3.20. The highest BCUT2D eigenvalue weighted by atomic mass is 32.2. The number of rotatable bonds is 10. The van der Waals surface area contributed by atoms with Crippen molar-refractivity contribution in [2.45, 2.75) is 11.7 Å². The molecule has 1 heterocycles. The number of thioether (sulfide) groups is 1. The number of nitrogens with zero attached hydrogens (tertiary/aromatic N) is 3. The van der Waals surface area contributed by atoms with E-state index in [-0.39, 0.29) is 11.7 Å². The molecule has 0 spiro atoms. The van der Waals surface area contributed by atoms with Crippen LogP contribution in [0.5, 0.6) is 17.2 Å². The molecule has 0 fully saturated rings. The van der Waals surface area contributed by atoms with Gasteiger partial charge in [0.15, 0.2) is 11.0 Å². The predicted molar refractivity (Wildman–Crippen MR) is 121 cm³/mol. The lowest BCUT2D eigenvalue weighted by Crippen LogP contribution is -2.15. The number of benzene rings is 2. The van der Waals surface area contributed by atoms with Gasteiger partial charge in [-0.25, -0.2) is 0 Å². The van der Waals surface area contributed by atoms with Crippen molar-refractivity contribution in [2.75, 3.05) is 32.4 Å². The number of nitrogens with one attached hydrogen (secondary N) is 1. The highest BCUT2D eigenvalue weighted by Crippen LogP contribution is 2.30. The van der Waals surface area contributed by atoms with Gasteiger partial charge in [0.25, 0.3) is 0 Å². The average molecular weight is 441 g/mol. The molecular weight excluding hydrogens is 416 g/mol. The fourth-order valence-electron chi connectivity index (χ4n) is 2.89. The third kappa shape index (κ3) is 5.37. The zero-order valence-corrected chi connectivity index (χ0v) is 18.4. The topological polar surface area (TPSA) is 87.5 Å². The maximum atomic E-state index is 12.6. The third-order valence-corrected chi connectivity index (χ3v) is 5.34. The fourth-order valence-corrected chi connectivity index (χ4v) is 3.64. The van der Waals surface area contributed by atoms with Gasteiger partial charge in [-0.3, -0.25) is 9.36 Å². The molecule has 0 atom stereocenters. The predicted octanol–water partition coefficient (Wildman–Crippen LogP) is 3.89. The van der Waals surface area contributed by atoms with Crippen molar-refractivity contribution in [3.8, 4) is 28.6 Å². The lowest BCUT2D eigenvalue weighted by atomic mass is 10.2. The van der Waals surface area contributed by atoms with Crippen molar-refractivity contribution < 1.29 is 19.0 Å². The summed E-state index contributed by atoms with van der Waals surface area (Å²) in [7, 11) is 4.73. The van der Waals surface area contributed by atoms with Crippen LogP contribution in [0.4, 0.5) is 5.69 Å². The minimum atomic E-state index is -0.201. The monoisotopic (exact) mass is 440 g/mol. The van der Waals surface area contributed by atoms with E-state index < -0.39 is 0 Å². The number of aromatic nitrogens is 3. The quantitative estimate of drug-likeness (QED) is 0.378. The Hall–Kier alpha value is -3.46. The molecular formula is C22H24N4O4S. The first kappa shape index (κ1) is 22.2. The molecule has 8 nitrogen and oxygen atoms in total. The molecule has 3 aromatic rings. The van der Waals surface area contributed by atoms with Crippen molar-refractivity contribution in [2.24, 2.45) is 0 Å². The standard InChI is InChI=1S/C22H24N4O4S/c1-5-11-26-21(15-7-6-8-16(12-15)28-2)24-25-22(26)31-14-20(27)23-18-13-17(29-3)9-10-19(18)30-4/h5-10,12-13H,1,11,14H2,2-4H3,(H,23,27). The van der Waals surface area contributed by atoms with Crippen LogP contribution in [0.3, 0.4) is 0 Å². The molecule has 0 aliphatic heterocycles. The number of ether oxygens (including phenoxy) is 3. The maximum Gasteiger partial charge on any atom is 0.234 e. The number of hydrogen-bond acceptors (Lipinski definition) is 7. The molecule has 2 aromatic carbocycles. The van der Waals surface area contributed by atoms with Crippen molar-refractivity contribution in [1.82, 2.24) is 14.8 Å². The first-order chi connectivity index (χ1) is 15.1. The Labute approximate surface area is 185 Å². The van der Waals surface area contributed by atoms with Crippen molar-refractivity contribution in [1.29, 1.82) is 0 Å². The van der Waals surface area contributed by atoms with Crippen molar-refractivity contribution in [3.63, 3.8) is 0 Å². The minimum absolute atomic E-state index is 0.147. The van der Waals surface area contributed by atoms with E-state index in [9.17, 15) is 4.79 Å². The number of hydrogen-bond donors (Lipinski definition) is 1. The first-order valence-corrected chi connectivity index (χ1v) is 10.4. The Bertz CT molecular complexity index is 1070. The molecule has 0 aliphatic rings. The van der Waals surface area contributed by atoms with Gasteiger partial charge < -0.3 is 19.5 Å². The van der Waals surface area contributed by atoms with E-state index in [4.69, 9.17) is 14.2 Å². The molecule has 3 rings (SSSR count). The highest BCUT2D eigenvalue weighted by molar-refractivity contribution is 7.99. The molecule has 0 aliphatic carbocycles. The molecule has 0 saturated carbocycles. The van der Waals surface area contributed by atoms with Crippen LogP contribution < -0.4 is 19.5 Å². The number of carbonyl (C=O) groups is 1. The Morgan fingerprint density at radius 1 is 1.10 bits per heavy atom. The number of allylic oxidation sites excluding steroid dienone is 1. The summed E-state index contributed by atoms with van der Waals surface area (Å²) in [5, 5.41) is 12.1. The summed E-state index contributed by atoms with van der Waals surface area (Å²) in [5.41, 5.74) is 1.41. The van der Waals surface area contributed by atoms with E-state index in [2.05, 4.69) is 22.1 Å². The molecule has 1 amide bonds. The Morgan fingerprint density at radius 2 is 1.87 bits per heavy atom. The smallest absolute Gasteiger partial charge is 0.234 e. The van der Waals surface area contributed by atoms with E-state index in [1.54, 1.807) is 45.6 Å². The molecule has 9 heteroatoms. The van der Waals surface area contributed by atoms with Crippen LogP contribution in [-0.4, -0.2) is 47.8 Å². The Balaban J connectivity index is 1.75. The second-order valence-corrected chi connectivity index (χ2v) is 7.28. The highest BCUT2D eigenvalue weighted by Gasteiger charge is 2.16. The second-order valence-electron chi connectivity index (χ2n) is 6.34. The number of methoxy groups -OCH3 is 3. The summed E-state index contributed by atoms with van der Waals surface area (Å²) >= 11 is 1.29. The molecule has 0 unspecified atom stereocenters. The van der Waals surface area contributed by atoms with Crippen LogP contribution in [0.15, 0.2) is 60.3 Å². The maximum absolute atomic E-state index is 12.6. The van der Waals surface area contributed by atoms with Gasteiger partial charge in [-0.15, -0.1) is 16.8 Å². The molecule has 0 radical (unpaired) electrons. The number of anilines is 1. The second kappa shape index (κ2) is 10.5. The molecule has 1 aromatic heterocycles. The Morgan fingerprint density at radius 3 is 2.58 bits per heavy atom. The molecule has 0 saturated heterocycles. The van der Waals surface area contributed by atoms with Crippen molar-refractivity contribution >= 4 is 23.4 Å². The lowest BCUT2D eigenvalue weighted by Gasteiger charge is -2.12. The van der Waals surface area contributed by atoms with Crippen LogP contribution in [0, 0.1) is 0 Å². The SMILES string of the molecule is C=CCn1c(SCC(=O)Nc2cc(OC)ccc2OC)nnc1-c1cccc(OC)c1. The molecule has 1 N–H and O–H groups in total. The van der Waals surface area contributed by atoms with E-state index in [0.717, 1.165) is 11.3 Å². The van der Waals surface area contributed by atoms with Crippen LogP contribution in [0.2, 0.25) is 0 Å². The first-order valence-electron chi connectivity index (χ1n) is 9.42. The lowest BCUT2D eigenvalue weighted by molar-refractivity contribution is -0.113. The molecule has 31 heavy (non-hydrogen) atoms. The zero-order chi connectivity index (χ0) is 22.2. The summed E-state index contributed by atoms with van der Waals surface area (Å²) in [4.78, 5) is 12.6. The summed E-state index contributed by atoms with van der Waals surface area (Å²) in [5.74, 6) is 2.52. The Kier molecular flexibility index (Phi) is 7.55. The molecule has 162 valence electrons. The summed E-state index contributed by atoms with van der Waals surface area (Å²) in [6, 6.07) is 12.8. The van der Waals surface area contributed by atoms with Crippen molar-refractivity contribution in [3.05, 3.63) is 55.1 Å². The van der Waals surface area contributed by atoms with Crippen LogP contribution >= 0.6 is 11.8 Å². The normalized spacial score (nSPS) is 10.4. The van der Waals surface area contributed by atoms with E-state index in [0.29, 0.717) is 34.7 Å². The van der Waals surface area contributed by atoms with Crippen LogP contribution in [0.25, 0.3) is 11.4 Å². The van der Waals surface area contributed by atoms with Gasteiger partial charge in [0, 0.05) is 18.2 Å². The van der Waals surface area contributed by atoms with Gasteiger partial charge in [-0.1, -0.05) is 30.0 Å². The van der Waals surface area contributed by atoms with Gasteiger partial charge >= 0.3 is 0 Å². The summed E-state index contributed by atoms with van der Waals surface area (Å²) < 4.78 is 17.7. The number of amides is 1. The van der Waals surface area contributed by atoms with E-state index in [1.807, 2.05) is 28.8 Å². The zero-order valence-electron chi connectivity index (χ0n) is 17.6. The van der Waals surface area contributed by atoms with Gasteiger partial charge in [0.05, 0.1) is 32.8 Å². The molecule has 0 bridgehead atoms. The van der Waals surface area contributed by atoms with E-state index >= 15 is 0 Å². The fraction of sp³-hybridized carbons (Fsp3) is 0.227. The summed E-state index contributed by atoms with van der Waals surface area (Å²) in [6.45, 7) is 4.32. The minimum Gasteiger partial charge on any atom is -0.497 e. The van der Waals surface area contributed by atoms with Gasteiger partial charge in [-0.2, -0.15) is 0 Å². The number of carbonyl (C=O) groups excluding carboxylic acids is 1. The largest absolute Gasteiger partial charge is 0.497 e. The summed E-state index contributed by atoms with van der Waals surface area (Å²) in [6.07, 6.45) is 1.76. The van der Waals surface area contributed by atoms with Gasteiger partial charge in [0.1, 0.15) is 17.2 Å². The van der Waals surface area contributed by atoms with Crippen LogP contribution in [-0.2, 0) is 11.3 Å². The third-order valence-electron chi connectivity index (χ3n) is 4.37.